The van der Waals surface area contributed by atoms with Gasteiger partial charge in [-0.1, -0.05) is 185 Å². The van der Waals surface area contributed by atoms with Crippen LogP contribution in [0.2, 0.25) is 0 Å². The Bertz CT molecular complexity index is 3190. The summed E-state index contributed by atoms with van der Waals surface area (Å²) in [5, 5.41) is 2.68. The Morgan fingerprint density at radius 2 is 0.966 bits per heavy atom. The van der Waals surface area contributed by atoms with Gasteiger partial charge >= 0.3 is 0 Å². The first-order valence-electron chi connectivity index (χ1n) is 21.1. The summed E-state index contributed by atoms with van der Waals surface area (Å²) >= 11 is 0. The van der Waals surface area contributed by atoms with Crippen molar-refractivity contribution in [2.24, 2.45) is 0 Å². The molecular formula is C58H43N. The number of aryl methyl sites for hydroxylation is 1. The third-order valence-electron chi connectivity index (χ3n) is 13.9. The molecule has 1 spiro atoms. The fraction of sp³-hybridized carbons (Fsp3) is 0.103. The number of hydrogen-bond acceptors (Lipinski definition) is 1. The molecule has 0 amide bonds. The normalized spacial score (nSPS) is 16.0. The van der Waals surface area contributed by atoms with E-state index in [2.05, 4.69) is 220 Å². The van der Waals surface area contributed by atoms with Gasteiger partial charge in [-0.2, -0.15) is 0 Å². The molecule has 1 heteroatoms. The Hall–Kier alpha value is -6.96. The molecule has 280 valence electrons. The molecule has 12 rings (SSSR count). The zero-order valence-corrected chi connectivity index (χ0v) is 33.6. The zero-order chi connectivity index (χ0) is 39.5. The number of nitrogens with zero attached hydrogens (tertiary/aromatic N) is 1. The van der Waals surface area contributed by atoms with E-state index in [4.69, 9.17) is 0 Å². The molecule has 3 aliphatic carbocycles. The van der Waals surface area contributed by atoms with E-state index in [-0.39, 0.29) is 5.41 Å². The standard InChI is InChI=1S/C58H43N/c1-4-37-29-30-39-19-16-24-47-44-22-10-14-27-52(44)58(56(37)55(39)47)51-26-13-9-21-43(51)46-33-31-41(36-53(46)58)59(54-28-15-11-20-42(54)38-17-6-5-7-18-38)40-32-34-50-48(35-40)45-23-8-12-25-49(45)57(50,2)3/h5-36H,4H2,1-3H3. The zero-order valence-electron chi connectivity index (χ0n) is 33.6. The maximum atomic E-state index is 2.55. The molecule has 0 aliphatic heterocycles. The second-order valence-electron chi connectivity index (χ2n) is 17.0. The van der Waals surface area contributed by atoms with E-state index in [1.165, 1.54) is 94.2 Å². The van der Waals surface area contributed by atoms with Gasteiger partial charge in [-0.3, -0.25) is 0 Å². The average Bonchev–Trinajstić information content (AvgIpc) is 3.70. The van der Waals surface area contributed by atoms with Crippen LogP contribution in [0.15, 0.2) is 194 Å². The molecule has 1 nitrogen and oxygen atoms in total. The second kappa shape index (κ2) is 12.5. The number of benzene rings is 9. The van der Waals surface area contributed by atoms with Gasteiger partial charge in [0, 0.05) is 22.4 Å². The quantitative estimate of drug-likeness (QED) is 0.169. The fourth-order valence-electron chi connectivity index (χ4n) is 11.3. The highest BCUT2D eigenvalue weighted by molar-refractivity contribution is 6.08. The highest BCUT2D eigenvalue weighted by Crippen LogP contribution is 2.63. The molecule has 9 aromatic carbocycles. The third-order valence-corrected chi connectivity index (χ3v) is 13.9. The van der Waals surface area contributed by atoms with E-state index in [1.54, 1.807) is 0 Å². The lowest BCUT2D eigenvalue weighted by atomic mass is 9.60. The van der Waals surface area contributed by atoms with Crippen LogP contribution >= 0.6 is 0 Å². The van der Waals surface area contributed by atoms with E-state index < -0.39 is 5.41 Å². The SMILES string of the molecule is CCc1ccc2cccc3c2c1C1(c2ccccc2-c2ccc(N(c4ccc5c(c4)-c4ccccc4C5(C)C)c4ccccc4-c4ccccc4)cc21)c1ccccc1-3. The predicted octanol–water partition coefficient (Wildman–Crippen LogP) is 15.2. The van der Waals surface area contributed by atoms with Gasteiger partial charge in [0.1, 0.15) is 0 Å². The smallest absolute Gasteiger partial charge is 0.0729 e. The fourth-order valence-corrected chi connectivity index (χ4v) is 11.3. The van der Waals surface area contributed by atoms with Crippen molar-refractivity contribution < 1.29 is 0 Å². The number of fused-ring (bicyclic) bond motifs is 12. The lowest BCUT2D eigenvalue weighted by Crippen LogP contribution is -2.33. The summed E-state index contributed by atoms with van der Waals surface area (Å²) in [6.45, 7) is 7.05. The molecule has 3 aliphatic rings. The Labute approximate surface area is 346 Å². The minimum absolute atomic E-state index is 0.0777. The summed E-state index contributed by atoms with van der Waals surface area (Å²) < 4.78 is 0. The summed E-state index contributed by atoms with van der Waals surface area (Å²) in [6.07, 6.45) is 0.949. The van der Waals surface area contributed by atoms with Crippen LogP contribution in [-0.2, 0) is 17.3 Å². The van der Waals surface area contributed by atoms with E-state index >= 15 is 0 Å². The number of rotatable bonds is 5. The molecule has 9 aromatic rings. The van der Waals surface area contributed by atoms with Crippen LogP contribution in [0.3, 0.4) is 0 Å². The van der Waals surface area contributed by atoms with Crippen LogP contribution in [0, 0.1) is 0 Å². The molecular weight excluding hydrogens is 711 g/mol. The first-order chi connectivity index (χ1) is 29.0. The number of para-hydroxylation sites is 1. The second-order valence-corrected chi connectivity index (χ2v) is 17.0. The van der Waals surface area contributed by atoms with Crippen LogP contribution in [-0.4, -0.2) is 0 Å². The van der Waals surface area contributed by atoms with Gasteiger partial charge in [-0.05, 0) is 125 Å². The van der Waals surface area contributed by atoms with Gasteiger partial charge in [0.05, 0.1) is 11.1 Å². The van der Waals surface area contributed by atoms with Crippen LogP contribution in [0.25, 0.3) is 55.3 Å². The molecule has 59 heavy (non-hydrogen) atoms. The molecule has 0 saturated carbocycles. The molecule has 0 fully saturated rings. The summed E-state index contributed by atoms with van der Waals surface area (Å²) in [5.74, 6) is 0. The Kier molecular flexibility index (Phi) is 7.24. The molecule has 1 atom stereocenters. The summed E-state index contributed by atoms with van der Waals surface area (Å²) in [7, 11) is 0. The highest BCUT2D eigenvalue weighted by atomic mass is 15.1. The van der Waals surface area contributed by atoms with E-state index in [1.807, 2.05) is 0 Å². The molecule has 0 saturated heterocycles. The molecule has 0 N–H and O–H groups in total. The molecule has 0 aromatic heterocycles. The van der Waals surface area contributed by atoms with E-state index in [0.29, 0.717) is 0 Å². The maximum absolute atomic E-state index is 2.55. The van der Waals surface area contributed by atoms with Crippen molar-refractivity contribution in [3.05, 3.63) is 233 Å². The van der Waals surface area contributed by atoms with Crippen LogP contribution < -0.4 is 4.90 Å². The molecule has 0 radical (unpaired) electrons. The van der Waals surface area contributed by atoms with Crippen molar-refractivity contribution in [3.63, 3.8) is 0 Å². The lowest BCUT2D eigenvalue weighted by Gasteiger charge is -2.41. The van der Waals surface area contributed by atoms with Gasteiger partial charge in [0.25, 0.3) is 0 Å². The van der Waals surface area contributed by atoms with Crippen molar-refractivity contribution in [1.29, 1.82) is 0 Å². The summed E-state index contributed by atoms with van der Waals surface area (Å²) in [5.41, 5.74) is 22.8. The van der Waals surface area contributed by atoms with Crippen molar-refractivity contribution >= 4 is 27.8 Å². The van der Waals surface area contributed by atoms with Crippen molar-refractivity contribution in [1.82, 2.24) is 0 Å². The largest absolute Gasteiger partial charge is 0.310 e. The number of hydrogen-bond donors (Lipinski definition) is 0. The van der Waals surface area contributed by atoms with Crippen LogP contribution in [0.5, 0.6) is 0 Å². The average molecular weight is 754 g/mol. The molecule has 1 unspecified atom stereocenters. The molecule has 0 heterocycles. The Morgan fingerprint density at radius 1 is 0.407 bits per heavy atom. The minimum atomic E-state index is -0.511. The van der Waals surface area contributed by atoms with Gasteiger partial charge in [0.2, 0.25) is 0 Å². The third kappa shape index (κ3) is 4.56. The lowest BCUT2D eigenvalue weighted by molar-refractivity contribution is 0.660. The minimum Gasteiger partial charge on any atom is -0.310 e. The summed E-state index contributed by atoms with van der Waals surface area (Å²) in [4.78, 5) is 2.53. The van der Waals surface area contributed by atoms with Crippen molar-refractivity contribution in [2.75, 3.05) is 4.90 Å². The van der Waals surface area contributed by atoms with Gasteiger partial charge in [0.15, 0.2) is 0 Å². The van der Waals surface area contributed by atoms with E-state index in [9.17, 15) is 0 Å². The number of anilines is 3. The van der Waals surface area contributed by atoms with Crippen molar-refractivity contribution in [2.45, 2.75) is 38.0 Å². The first kappa shape index (κ1) is 34.1. The highest BCUT2D eigenvalue weighted by Gasteiger charge is 2.51. The van der Waals surface area contributed by atoms with Crippen molar-refractivity contribution in [3.8, 4) is 44.5 Å². The topological polar surface area (TPSA) is 3.24 Å². The van der Waals surface area contributed by atoms with E-state index in [0.717, 1.165) is 23.5 Å². The Morgan fingerprint density at radius 3 is 1.71 bits per heavy atom. The van der Waals surface area contributed by atoms with Gasteiger partial charge < -0.3 is 4.90 Å². The predicted molar refractivity (Wildman–Crippen MR) is 247 cm³/mol. The monoisotopic (exact) mass is 753 g/mol. The molecule has 0 bridgehead atoms. The Balaban J connectivity index is 1.18. The van der Waals surface area contributed by atoms with Crippen LogP contribution in [0.1, 0.15) is 59.7 Å². The first-order valence-corrected chi connectivity index (χ1v) is 21.1. The van der Waals surface area contributed by atoms with Crippen LogP contribution in [0.4, 0.5) is 17.1 Å². The maximum Gasteiger partial charge on any atom is 0.0729 e. The van der Waals surface area contributed by atoms with Gasteiger partial charge in [-0.25, -0.2) is 0 Å². The van der Waals surface area contributed by atoms with Gasteiger partial charge in [-0.15, -0.1) is 0 Å². The summed E-state index contributed by atoms with van der Waals surface area (Å²) in [6, 6.07) is 73.3.